The number of amides is 1. The van der Waals surface area contributed by atoms with Crippen molar-refractivity contribution in [1.82, 2.24) is 9.88 Å². The van der Waals surface area contributed by atoms with Crippen molar-refractivity contribution in [2.45, 2.75) is 12.5 Å². The Bertz CT molecular complexity index is 1280. The topological polar surface area (TPSA) is 59.5 Å². The van der Waals surface area contributed by atoms with Crippen LogP contribution < -0.4 is 0 Å². The third-order valence-electron chi connectivity index (χ3n) is 5.91. The van der Waals surface area contributed by atoms with Crippen LogP contribution in [0.3, 0.4) is 0 Å². The molecule has 0 saturated carbocycles. The number of halogens is 1. The van der Waals surface area contributed by atoms with Crippen LogP contribution in [0.4, 0.5) is 0 Å². The molecule has 5 nitrogen and oxygen atoms in total. The van der Waals surface area contributed by atoms with E-state index >= 15 is 0 Å². The molecule has 0 bridgehead atoms. The van der Waals surface area contributed by atoms with E-state index in [2.05, 4.69) is 0 Å². The minimum Gasteiger partial charge on any atom is -0.467 e. The number of benzene rings is 3. The second-order valence-corrected chi connectivity index (χ2v) is 7.73. The highest BCUT2D eigenvalue weighted by Crippen LogP contribution is 2.32. The van der Waals surface area contributed by atoms with Gasteiger partial charge in [0.2, 0.25) is 0 Å². The molecule has 0 aliphatic rings. The first-order valence-corrected chi connectivity index (χ1v) is 10.3. The van der Waals surface area contributed by atoms with E-state index in [1.807, 2.05) is 84.9 Å². The van der Waals surface area contributed by atoms with E-state index in [0.29, 0.717) is 22.3 Å². The Hall–Kier alpha value is -3.70. The fourth-order valence-electron chi connectivity index (χ4n) is 3.90. The average Bonchev–Trinajstić information content (AvgIpc) is 2.87. The van der Waals surface area contributed by atoms with Crippen molar-refractivity contribution in [2.75, 3.05) is 14.2 Å². The van der Waals surface area contributed by atoms with Gasteiger partial charge in [-0.2, -0.15) is 0 Å². The molecule has 0 unspecified atom stereocenters. The Morgan fingerprint density at radius 3 is 2.09 bits per heavy atom. The molecule has 0 spiro atoms. The lowest BCUT2D eigenvalue weighted by Crippen LogP contribution is -2.51. The molecule has 3 aromatic carbocycles. The summed E-state index contributed by atoms with van der Waals surface area (Å²) >= 11 is 0. The molecule has 0 N–H and O–H groups in total. The third kappa shape index (κ3) is 4.32. The summed E-state index contributed by atoms with van der Waals surface area (Å²) in [5.41, 5.74) is 2.16. The molecule has 0 fully saturated rings. The predicted octanol–water partition coefficient (Wildman–Crippen LogP) is 5.48. The number of carbonyl (C=O) groups is 2. The maximum Gasteiger partial charge on any atom is 0.336 e. The van der Waals surface area contributed by atoms with E-state index in [4.69, 9.17) is 9.72 Å². The minimum atomic E-state index is -1.30. The van der Waals surface area contributed by atoms with Crippen LogP contribution in [0.2, 0.25) is 0 Å². The fraction of sp³-hybridized carbons (Fsp3) is 0.148. The highest BCUT2D eigenvalue weighted by molar-refractivity contribution is 6.08. The number of esters is 1. The zero-order valence-corrected chi connectivity index (χ0v) is 19.5. The second-order valence-electron chi connectivity index (χ2n) is 7.73. The number of hydrogen-bond acceptors (Lipinski definition) is 4. The molecule has 0 aliphatic carbocycles. The Morgan fingerprint density at radius 2 is 1.45 bits per heavy atom. The van der Waals surface area contributed by atoms with Crippen molar-refractivity contribution < 1.29 is 14.3 Å². The molecule has 1 atom stereocenters. The fourth-order valence-corrected chi connectivity index (χ4v) is 3.90. The molecule has 4 aromatic rings. The van der Waals surface area contributed by atoms with Gasteiger partial charge in [-0.1, -0.05) is 78.9 Å². The molecule has 0 saturated heterocycles. The van der Waals surface area contributed by atoms with Gasteiger partial charge in [-0.05, 0) is 24.6 Å². The molecule has 168 valence electrons. The van der Waals surface area contributed by atoms with Crippen molar-refractivity contribution in [3.63, 3.8) is 0 Å². The summed E-state index contributed by atoms with van der Waals surface area (Å²) in [6.45, 7) is 1.70. The van der Waals surface area contributed by atoms with E-state index in [9.17, 15) is 9.59 Å². The van der Waals surface area contributed by atoms with Crippen molar-refractivity contribution in [3.8, 4) is 11.3 Å². The van der Waals surface area contributed by atoms with Gasteiger partial charge in [0.25, 0.3) is 5.91 Å². The van der Waals surface area contributed by atoms with Gasteiger partial charge in [-0.3, -0.25) is 4.79 Å². The number of para-hydroxylation sites is 1. The van der Waals surface area contributed by atoms with E-state index in [-0.39, 0.29) is 18.3 Å². The van der Waals surface area contributed by atoms with Gasteiger partial charge in [-0.15, -0.1) is 12.4 Å². The minimum absolute atomic E-state index is 0. The smallest absolute Gasteiger partial charge is 0.336 e. The SMILES string of the molecule is COC(=O)[C@@](C)(c1ccccc1)N(C)C(=O)c1cc(-c2ccccc2)nc2ccccc12.Cl. The van der Waals surface area contributed by atoms with Crippen LogP contribution in [-0.4, -0.2) is 35.9 Å². The molecular weight excluding hydrogens is 436 g/mol. The molecule has 0 aliphatic heterocycles. The van der Waals surface area contributed by atoms with Gasteiger partial charge in [0.15, 0.2) is 5.54 Å². The molecule has 1 heterocycles. The summed E-state index contributed by atoms with van der Waals surface area (Å²) in [4.78, 5) is 33.0. The molecule has 6 heteroatoms. The van der Waals surface area contributed by atoms with Crippen LogP contribution in [0.25, 0.3) is 22.2 Å². The molecule has 33 heavy (non-hydrogen) atoms. The summed E-state index contributed by atoms with van der Waals surface area (Å²) in [6, 6.07) is 28.2. The lowest BCUT2D eigenvalue weighted by molar-refractivity contribution is -0.152. The standard InChI is InChI=1S/C27H24N2O3.ClH/c1-27(26(31)32-3,20-14-8-5-9-15-20)29(2)25(30)22-18-24(19-12-6-4-7-13-19)28-23-17-11-10-16-21(22)23;/h4-18H,1-3H3;1H/t27-;/m1./s1. The highest BCUT2D eigenvalue weighted by atomic mass is 35.5. The van der Waals surface area contributed by atoms with Crippen molar-refractivity contribution in [1.29, 1.82) is 0 Å². The van der Waals surface area contributed by atoms with Gasteiger partial charge in [0.1, 0.15) is 0 Å². The van der Waals surface area contributed by atoms with Crippen molar-refractivity contribution >= 4 is 35.2 Å². The second kappa shape index (κ2) is 9.84. The zero-order chi connectivity index (χ0) is 22.7. The lowest BCUT2D eigenvalue weighted by atomic mass is 9.89. The molecule has 1 aromatic heterocycles. The van der Waals surface area contributed by atoms with Crippen LogP contribution in [0, 0.1) is 0 Å². The first kappa shape index (κ1) is 24.0. The number of rotatable bonds is 5. The van der Waals surface area contributed by atoms with Crippen LogP contribution in [0.5, 0.6) is 0 Å². The highest BCUT2D eigenvalue weighted by Gasteiger charge is 2.43. The van der Waals surface area contributed by atoms with E-state index in [0.717, 1.165) is 10.9 Å². The first-order chi connectivity index (χ1) is 15.5. The normalized spacial score (nSPS) is 12.3. The summed E-state index contributed by atoms with van der Waals surface area (Å²) in [7, 11) is 2.96. The first-order valence-electron chi connectivity index (χ1n) is 10.3. The molecule has 1 amide bonds. The van der Waals surface area contributed by atoms with Gasteiger partial charge in [0.05, 0.1) is 23.9 Å². The largest absolute Gasteiger partial charge is 0.467 e. The quantitative estimate of drug-likeness (QED) is 0.370. The Morgan fingerprint density at radius 1 is 0.879 bits per heavy atom. The van der Waals surface area contributed by atoms with E-state index < -0.39 is 11.5 Å². The maximum absolute atomic E-state index is 13.9. The summed E-state index contributed by atoms with van der Waals surface area (Å²) in [6.07, 6.45) is 0. The number of pyridine rings is 1. The molecule has 0 radical (unpaired) electrons. The Balaban J connectivity index is 0.00000306. The Labute approximate surface area is 199 Å². The molecule has 4 rings (SSSR count). The summed E-state index contributed by atoms with van der Waals surface area (Å²) in [5, 5.41) is 0.726. The summed E-state index contributed by atoms with van der Waals surface area (Å²) in [5.74, 6) is -0.807. The number of ether oxygens (including phenoxy) is 1. The number of fused-ring (bicyclic) bond motifs is 1. The third-order valence-corrected chi connectivity index (χ3v) is 5.91. The zero-order valence-electron chi connectivity index (χ0n) is 18.7. The Kier molecular flexibility index (Phi) is 7.14. The number of nitrogens with zero attached hydrogens (tertiary/aromatic N) is 2. The van der Waals surface area contributed by atoms with Crippen LogP contribution in [0.15, 0.2) is 91.0 Å². The molecular formula is C27H25ClN2O3. The number of carbonyl (C=O) groups excluding carboxylic acids is 2. The van der Waals surface area contributed by atoms with Gasteiger partial charge in [-0.25, -0.2) is 9.78 Å². The summed E-state index contributed by atoms with van der Waals surface area (Å²) < 4.78 is 5.11. The van der Waals surface area contributed by atoms with Gasteiger partial charge < -0.3 is 9.64 Å². The van der Waals surface area contributed by atoms with E-state index in [1.165, 1.54) is 12.0 Å². The van der Waals surface area contributed by atoms with Gasteiger partial charge in [0, 0.05) is 18.0 Å². The number of likely N-dealkylation sites (N-methyl/N-ethyl adjacent to an activating group) is 1. The van der Waals surface area contributed by atoms with E-state index in [1.54, 1.807) is 20.0 Å². The van der Waals surface area contributed by atoms with Crippen LogP contribution in [-0.2, 0) is 15.1 Å². The van der Waals surface area contributed by atoms with Crippen LogP contribution in [0.1, 0.15) is 22.8 Å². The lowest BCUT2D eigenvalue weighted by Gasteiger charge is -2.37. The predicted molar refractivity (Wildman–Crippen MR) is 132 cm³/mol. The van der Waals surface area contributed by atoms with Crippen molar-refractivity contribution in [3.05, 3.63) is 102 Å². The van der Waals surface area contributed by atoms with Crippen LogP contribution >= 0.6 is 12.4 Å². The number of aromatic nitrogens is 1. The average molecular weight is 461 g/mol. The van der Waals surface area contributed by atoms with Gasteiger partial charge >= 0.3 is 5.97 Å². The maximum atomic E-state index is 13.9. The monoisotopic (exact) mass is 460 g/mol. The number of hydrogen-bond donors (Lipinski definition) is 0. The number of methoxy groups -OCH3 is 1. The van der Waals surface area contributed by atoms with Crippen molar-refractivity contribution in [2.24, 2.45) is 0 Å².